The van der Waals surface area contributed by atoms with Gasteiger partial charge in [-0.1, -0.05) is 91.0 Å². The number of rotatable bonds is 13. The molecule has 0 spiro atoms. The molecule has 0 radical (unpaired) electrons. The van der Waals surface area contributed by atoms with E-state index in [0.29, 0.717) is 23.6 Å². The zero-order valence-electron chi connectivity index (χ0n) is 25.0. The fourth-order valence-electron chi connectivity index (χ4n) is 5.72. The van der Waals surface area contributed by atoms with Crippen LogP contribution >= 0.6 is 11.6 Å². The van der Waals surface area contributed by atoms with Crippen LogP contribution in [0.3, 0.4) is 0 Å². The number of amides is 2. The Morgan fingerprint density at radius 2 is 1.60 bits per heavy atom. The second kappa shape index (κ2) is 15.4. The second-order valence-electron chi connectivity index (χ2n) is 11.5. The first-order valence-electron chi connectivity index (χ1n) is 15.0. The first-order chi connectivity index (χ1) is 20.6. The highest BCUT2D eigenvalue weighted by atomic mass is 35.5. The van der Waals surface area contributed by atoms with Crippen molar-refractivity contribution >= 4 is 39.1 Å². The van der Waals surface area contributed by atoms with E-state index in [-0.39, 0.29) is 37.4 Å². The summed E-state index contributed by atoms with van der Waals surface area (Å²) in [6, 6.07) is 23.7. The highest BCUT2D eigenvalue weighted by molar-refractivity contribution is 7.92. The Balaban J connectivity index is 1.58. The summed E-state index contributed by atoms with van der Waals surface area (Å²) in [5, 5.41) is 3.77. The minimum atomic E-state index is -3.59. The van der Waals surface area contributed by atoms with Gasteiger partial charge in [0.25, 0.3) is 0 Å². The first-order valence-corrected chi connectivity index (χ1v) is 17.3. The predicted octanol–water partition coefficient (Wildman–Crippen LogP) is 6.28. The zero-order chi connectivity index (χ0) is 30.8. The van der Waals surface area contributed by atoms with Crippen molar-refractivity contribution in [1.82, 2.24) is 10.2 Å². The maximum absolute atomic E-state index is 14.0. The maximum Gasteiger partial charge on any atom is 0.243 e. The van der Waals surface area contributed by atoms with Crippen molar-refractivity contribution in [1.29, 1.82) is 0 Å². The lowest BCUT2D eigenvalue weighted by molar-refractivity contribution is -0.141. The van der Waals surface area contributed by atoms with Crippen LogP contribution in [0.4, 0.5) is 5.69 Å². The summed E-state index contributed by atoms with van der Waals surface area (Å²) in [6.45, 7) is 2.41. The van der Waals surface area contributed by atoms with E-state index in [2.05, 4.69) is 5.32 Å². The number of benzene rings is 3. The van der Waals surface area contributed by atoms with E-state index in [9.17, 15) is 18.0 Å². The summed E-state index contributed by atoms with van der Waals surface area (Å²) >= 11 is 6.01. The van der Waals surface area contributed by atoms with E-state index in [4.69, 9.17) is 11.6 Å². The molecule has 0 aromatic heterocycles. The van der Waals surface area contributed by atoms with E-state index in [1.807, 2.05) is 61.5 Å². The van der Waals surface area contributed by atoms with Gasteiger partial charge in [-0.15, -0.1) is 0 Å². The van der Waals surface area contributed by atoms with E-state index in [1.54, 1.807) is 29.2 Å². The molecule has 2 amide bonds. The van der Waals surface area contributed by atoms with Crippen molar-refractivity contribution in [3.8, 4) is 0 Å². The molecule has 1 aliphatic rings. The average molecular weight is 624 g/mol. The zero-order valence-corrected chi connectivity index (χ0v) is 26.6. The highest BCUT2D eigenvalue weighted by Gasteiger charge is 2.32. The lowest BCUT2D eigenvalue weighted by Gasteiger charge is -2.34. The Kier molecular flexibility index (Phi) is 11.7. The number of carbonyl (C=O) groups excluding carboxylic acids is 2. The smallest absolute Gasteiger partial charge is 0.243 e. The fraction of sp³-hybridized carbons (Fsp3) is 0.412. The number of nitrogens with zero attached hydrogens (tertiary/aromatic N) is 2. The number of aryl methyl sites for hydroxylation is 1. The predicted molar refractivity (Wildman–Crippen MR) is 174 cm³/mol. The molecule has 230 valence electrons. The van der Waals surface area contributed by atoms with Crippen LogP contribution in [0.25, 0.3) is 0 Å². The number of sulfonamides is 1. The molecule has 4 rings (SSSR count). The van der Waals surface area contributed by atoms with Crippen LogP contribution in [0, 0.1) is 6.92 Å². The molecule has 43 heavy (non-hydrogen) atoms. The minimum Gasteiger partial charge on any atom is -0.352 e. The van der Waals surface area contributed by atoms with Gasteiger partial charge in [0.2, 0.25) is 21.8 Å². The quantitative estimate of drug-likeness (QED) is 0.243. The normalized spacial score (nSPS) is 14.6. The number of anilines is 1. The summed E-state index contributed by atoms with van der Waals surface area (Å²) in [5.41, 5.74) is 3.47. The van der Waals surface area contributed by atoms with E-state index in [0.717, 1.165) is 48.6 Å². The van der Waals surface area contributed by atoms with Crippen LogP contribution in [-0.4, -0.2) is 50.0 Å². The third-order valence-electron chi connectivity index (χ3n) is 7.92. The van der Waals surface area contributed by atoms with Crippen molar-refractivity contribution in [2.75, 3.05) is 17.1 Å². The van der Waals surface area contributed by atoms with E-state index in [1.165, 1.54) is 10.7 Å². The second-order valence-corrected chi connectivity index (χ2v) is 13.8. The Hall–Kier alpha value is -3.36. The number of hydrogen-bond donors (Lipinski definition) is 1. The molecule has 1 N–H and O–H groups in total. The fourth-order valence-corrected chi connectivity index (χ4v) is 6.81. The van der Waals surface area contributed by atoms with Gasteiger partial charge in [-0.2, -0.15) is 0 Å². The van der Waals surface area contributed by atoms with Gasteiger partial charge in [-0.25, -0.2) is 8.42 Å². The molecule has 0 unspecified atom stereocenters. The van der Waals surface area contributed by atoms with E-state index < -0.39 is 16.1 Å². The standard InChI is InChI=1S/C34H42ClN3O4S/c1-26-11-9-14-28(23-26)25-37(33(39)17-10-22-38(43(2,41)42)31-20-18-29(35)19-21-31)32(24-27-12-5-3-6-13-27)34(40)36-30-15-7-4-8-16-30/h3,5-6,9,11-14,18-21,23,30,32H,4,7-8,10,15-17,22,24-25H2,1-2H3,(H,36,40)/t32-/m1/s1. The van der Waals surface area contributed by atoms with Crippen molar-refractivity contribution in [3.05, 3.63) is 101 Å². The number of halogens is 1. The molecular formula is C34H42ClN3O4S. The highest BCUT2D eigenvalue weighted by Crippen LogP contribution is 2.23. The Morgan fingerprint density at radius 1 is 0.930 bits per heavy atom. The molecule has 0 heterocycles. The SMILES string of the molecule is Cc1cccc(CN(C(=O)CCCN(c2ccc(Cl)cc2)S(C)(=O)=O)[C@H](Cc2ccccc2)C(=O)NC2CCCCC2)c1. The van der Waals surface area contributed by atoms with Gasteiger partial charge in [0.1, 0.15) is 6.04 Å². The third-order valence-corrected chi connectivity index (χ3v) is 9.37. The molecule has 1 atom stereocenters. The van der Waals surface area contributed by atoms with Crippen molar-refractivity contribution in [3.63, 3.8) is 0 Å². The van der Waals surface area contributed by atoms with Gasteiger partial charge in [-0.3, -0.25) is 13.9 Å². The summed E-state index contributed by atoms with van der Waals surface area (Å²) < 4.78 is 26.6. The van der Waals surface area contributed by atoms with Gasteiger partial charge in [0, 0.05) is 37.0 Å². The lowest BCUT2D eigenvalue weighted by Crippen LogP contribution is -2.53. The minimum absolute atomic E-state index is 0.0907. The van der Waals surface area contributed by atoms with Crippen molar-refractivity contribution < 1.29 is 18.0 Å². The van der Waals surface area contributed by atoms with Gasteiger partial charge in [0.15, 0.2) is 0 Å². The van der Waals surface area contributed by atoms with Crippen molar-refractivity contribution in [2.45, 2.75) is 76.9 Å². The molecule has 0 saturated heterocycles. The Morgan fingerprint density at radius 3 is 2.26 bits per heavy atom. The molecule has 3 aromatic rings. The molecule has 9 heteroatoms. The van der Waals surface area contributed by atoms with Gasteiger partial charge < -0.3 is 10.2 Å². The molecule has 1 fully saturated rings. The molecule has 1 saturated carbocycles. The maximum atomic E-state index is 14.0. The lowest BCUT2D eigenvalue weighted by atomic mass is 9.94. The molecule has 7 nitrogen and oxygen atoms in total. The van der Waals surface area contributed by atoms with Crippen LogP contribution in [0.2, 0.25) is 5.02 Å². The Bertz CT molecular complexity index is 1460. The van der Waals surface area contributed by atoms with Gasteiger partial charge >= 0.3 is 0 Å². The van der Waals surface area contributed by atoms with Gasteiger partial charge in [0.05, 0.1) is 11.9 Å². The number of carbonyl (C=O) groups is 2. The van der Waals surface area contributed by atoms with Crippen LogP contribution in [-0.2, 0) is 32.6 Å². The van der Waals surface area contributed by atoms with Gasteiger partial charge in [-0.05, 0) is 61.6 Å². The summed E-state index contributed by atoms with van der Waals surface area (Å²) in [6.07, 6.45) is 7.17. The number of hydrogen-bond acceptors (Lipinski definition) is 4. The molecule has 1 aliphatic carbocycles. The molecule has 3 aromatic carbocycles. The summed E-state index contributed by atoms with van der Waals surface area (Å²) in [5.74, 6) is -0.332. The van der Waals surface area contributed by atoms with E-state index >= 15 is 0 Å². The summed E-state index contributed by atoms with van der Waals surface area (Å²) in [7, 11) is -3.59. The third kappa shape index (κ3) is 9.83. The Labute approximate surface area is 261 Å². The molecule has 0 bridgehead atoms. The van der Waals surface area contributed by atoms with Crippen LogP contribution in [0.15, 0.2) is 78.9 Å². The monoisotopic (exact) mass is 623 g/mol. The topological polar surface area (TPSA) is 86.8 Å². The van der Waals surface area contributed by atoms with Crippen LogP contribution in [0.5, 0.6) is 0 Å². The van der Waals surface area contributed by atoms with Crippen LogP contribution < -0.4 is 9.62 Å². The average Bonchev–Trinajstić information content (AvgIpc) is 2.98. The molecular weight excluding hydrogens is 582 g/mol. The molecule has 0 aliphatic heterocycles. The van der Waals surface area contributed by atoms with Crippen molar-refractivity contribution in [2.24, 2.45) is 0 Å². The largest absolute Gasteiger partial charge is 0.352 e. The first kappa shape index (κ1) is 32.6. The van der Waals surface area contributed by atoms with Crippen LogP contribution in [0.1, 0.15) is 61.6 Å². The number of nitrogens with one attached hydrogen (secondary N) is 1. The summed E-state index contributed by atoms with van der Waals surface area (Å²) in [4.78, 5) is 29.7.